The molecule has 1 amide bonds. The summed E-state index contributed by atoms with van der Waals surface area (Å²) in [5.74, 6) is 0.0319. The highest BCUT2D eigenvalue weighted by Crippen LogP contribution is 2.29. The fourth-order valence-electron chi connectivity index (χ4n) is 2.23. The van der Waals surface area contributed by atoms with Gasteiger partial charge in [0.05, 0.1) is 17.7 Å². The Labute approximate surface area is 142 Å². The molecular weight excluding hydrogens is 328 g/mol. The van der Waals surface area contributed by atoms with Crippen molar-refractivity contribution < 1.29 is 17.9 Å². The lowest BCUT2D eigenvalue weighted by Gasteiger charge is -2.18. The molecule has 2 rings (SSSR count). The molecule has 1 N–H and O–H groups in total. The van der Waals surface area contributed by atoms with Crippen molar-refractivity contribution in [2.75, 3.05) is 19.5 Å². The van der Waals surface area contributed by atoms with Crippen molar-refractivity contribution in [3.63, 3.8) is 0 Å². The summed E-state index contributed by atoms with van der Waals surface area (Å²) in [6.45, 7) is 1.64. The molecule has 0 aliphatic heterocycles. The molecule has 0 aromatic heterocycles. The van der Waals surface area contributed by atoms with Gasteiger partial charge in [0, 0.05) is 26.6 Å². The normalized spacial score (nSPS) is 11.3. The zero-order valence-corrected chi connectivity index (χ0v) is 14.6. The van der Waals surface area contributed by atoms with E-state index >= 15 is 0 Å². The molecule has 0 aliphatic carbocycles. The molecule has 0 saturated heterocycles. The smallest absolute Gasteiger partial charge is 0.243 e. The molecule has 0 atom stereocenters. The quantitative estimate of drug-likeness (QED) is 0.870. The highest BCUT2D eigenvalue weighted by Gasteiger charge is 2.22. The van der Waals surface area contributed by atoms with Gasteiger partial charge in [-0.2, -0.15) is 4.31 Å². The van der Waals surface area contributed by atoms with Crippen LogP contribution in [-0.2, 0) is 21.4 Å². The Bertz CT molecular complexity index is 820. The highest BCUT2D eigenvalue weighted by atomic mass is 32.2. The molecule has 128 valence electrons. The zero-order chi connectivity index (χ0) is 17.7. The van der Waals surface area contributed by atoms with Gasteiger partial charge in [-0.05, 0) is 17.7 Å². The number of nitrogens with zero attached hydrogens (tertiary/aromatic N) is 1. The van der Waals surface area contributed by atoms with E-state index in [0.29, 0.717) is 11.4 Å². The molecule has 0 saturated carbocycles. The number of sulfonamides is 1. The van der Waals surface area contributed by atoms with Crippen LogP contribution < -0.4 is 10.1 Å². The maximum Gasteiger partial charge on any atom is 0.243 e. The van der Waals surface area contributed by atoms with E-state index in [1.165, 1.54) is 43.6 Å². The minimum absolute atomic E-state index is 0.104. The van der Waals surface area contributed by atoms with Crippen LogP contribution in [0.5, 0.6) is 5.75 Å². The molecule has 0 heterocycles. The summed E-state index contributed by atoms with van der Waals surface area (Å²) >= 11 is 0. The van der Waals surface area contributed by atoms with E-state index in [1.807, 2.05) is 30.3 Å². The zero-order valence-electron chi connectivity index (χ0n) is 13.8. The second-order valence-corrected chi connectivity index (χ2v) is 7.33. The third-order valence-electron chi connectivity index (χ3n) is 3.44. The SMILES string of the molecule is COc1cc(S(=O)(=O)N(C)Cc2ccccc2)ccc1NC(C)=O. The van der Waals surface area contributed by atoms with Crippen LogP contribution in [-0.4, -0.2) is 32.8 Å². The lowest BCUT2D eigenvalue weighted by molar-refractivity contribution is -0.114. The Morgan fingerprint density at radius 2 is 1.83 bits per heavy atom. The Morgan fingerprint density at radius 3 is 2.42 bits per heavy atom. The van der Waals surface area contributed by atoms with Crippen LogP contribution in [0.3, 0.4) is 0 Å². The van der Waals surface area contributed by atoms with Crippen LogP contribution in [0.2, 0.25) is 0 Å². The average Bonchev–Trinajstić information content (AvgIpc) is 2.55. The van der Waals surface area contributed by atoms with E-state index < -0.39 is 10.0 Å². The number of amides is 1. The number of methoxy groups -OCH3 is 1. The maximum atomic E-state index is 12.7. The number of benzene rings is 2. The predicted octanol–water partition coefficient (Wildman–Crippen LogP) is 2.47. The highest BCUT2D eigenvalue weighted by molar-refractivity contribution is 7.89. The fraction of sp³-hybridized carbons (Fsp3) is 0.235. The van der Waals surface area contributed by atoms with E-state index in [4.69, 9.17) is 4.74 Å². The van der Waals surface area contributed by atoms with Crippen LogP contribution in [0.25, 0.3) is 0 Å². The number of rotatable bonds is 6. The number of hydrogen-bond donors (Lipinski definition) is 1. The van der Waals surface area contributed by atoms with Crippen molar-refractivity contribution in [2.45, 2.75) is 18.4 Å². The second kappa shape index (κ2) is 7.46. The Kier molecular flexibility index (Phi) is 5.58. The fourth-order valence-corrected chi connectivity index (χ4v) is 3.41. The van der Waals surface area contributed by atoms with Gasteiger partial charge < -0.3 is 10.1 Å². The van der Waals surface area contributed by atoms with Gasteiger partial charge in [-0.1, -0.05) is 30.3 Å². The first kappa shape index (κ1) is 18.0. The molecule has 0 radical (unpaired) electrons. The molecule has 0 fully saturated rings. The molecule has 2 aromatic carbocycles. The Morgan fingerprint density at radius 1 is 1.17 bits per heavy atom. The number of anilines is 1. The topological polar surface area (TPSA) is 75.7 Å². The summed E-state index contributed by atoms with van der Waals surface area (Å²) in [6, 6.07) is 13.7. The molecular formula is C17H20N2O4S. The third kappa shape index (κ3) is 4.12. The van der Waals surface area contributed by atoms with Gasteiger partial charge >= 0.3 is 0 Å². The van der Waals surface area contributed by atoms with Crippen molar-refractivity contribution in [1.29, 1.82) is 0 Å². The molecule has 0 unspecified atom stereocenters. The van der Waals surface area contributed by atoms with E-state index in [1.54, 1.807) is 0 Å². The van der Waals surface area contributed by atoms with Crippen molar-refractivity contribution in [1.82, 2.24) is 4.31 Å². The molecule has 2 aromatic rings. The first-order chi connectivity index (χ1) is 11.3. The van der Waals surface area contributed by atoms with E-state index in [2.05, 4.69) is 5.32 Å². The Hall–Kier alpha value is -2.38. The third-order valence-corrected chi connectivity index (χ3v) is 5.24. The van der Waals surface area contributed by atoms with Crippen molar-refractivity contribution in [2.24, 2.45) is 0 Å². The van der Waals surface area contributed by atoms with Gasteiger partial charge in [-0.3, -0.25) is 4.79 Å². The molecule has 0 spiro atoms. The summed E-state index contributed by atoms with van der Waals surface area (Å²) in [5.41, 5.74) is 1.32. The summed E-state index contributed by atoms with van der Waals surface area (Å²) in [6.07, 6.45) is 0. The number of nitrogens with one attached hydrogen (secondary N) is 1. The number of hydrogen-bond acceptors (Lipinski definition) is 4. The first-order valence-corrected chi connectivity index (χ1v) is 8.74. The Balaban J connectivity index is 2.29. The van der Waals surface area contributed by atoms with Crippen LogP contribution in [0.15, 0.2) is 53.4 Å². The van der Waals surface area contributed by atoms with Gasteiger partial charge in [0.15, 0.2) is 0 Å². The molecule has 6 nitrogen and oxygen atoms in total. The lowest BCUT2D eigenvalue weighted by atomic mass is 10.2. The maximum absolute atomic E-state index is 12.7. The number of ether oxygens (including phenoxy) is 1. The van der Waals surface area contributed by atoms with Gasteiger partial charge in [0.1, 0.15) is 5.75 Å². The lowest BCUT2D eigenvalue weighted by Crippen LogP contribution is -2.26. The van der Waals surface area contributed by atoms with E-state index in [0.717, 1.165) is 5.56 Å². The first-order valence-electron chi connectivity index (χ1n) is 7.30. The number of carbonyl (C=O) groups is 1. The van der Waals surface area contributed by atoms with Crippen LogP contribution >= 0.6 is 0 Å². The predicted molar refractivity (Wildman–Crippen MR) is 92.4 cm³/mol. The van der Waals surface area contributed by atoms with Crippen LogP contribution in [0.1, 0.15) is 12.5 Å². The molecule has 0 bridgehead atoms. The van der Waals surface area contributed by atoms with E-state index in [9.17, 15) is 13.2 Å². The summed E-state index contributed by atoms with van der Waals surface area (Å²) in [5, 5.41) is 2.60. The van der Waals surface area contributed by atoms with Gasteiger partial charge in [-0.25, -0.2) is 8.42 Å². The molecule has 7 heteroatoms. The molecule has 24 heavy (non-hydrogen) atoms. The minimum Gasteiger partial charge on any atom is -0.495 e. The monoisotopic (exact) mass is 348 g/mol. The van der Waals surface area contributed by atoms with Crippen LogP contribution in [0.4, 0.5) is 5.69 Å². The van der Waals surface area contributed by atoms with E-state index in [-0.39, 0.29) is 17.3 Å². The summed E-state index contributed by atoms with van der Waals surface area (Å²) in [4.78, 5) is 11.3. The van der Waals surface area contributed by atoms with Crippen molar-refractivity contribution in [3.8, 4) is 5.75 Å². The van der Waals surface area contributed by atoms with Gasteiger partial charge in [0.25, 0.3) is 0 Å². The summed E-state index contributed by atoms with van der Waals surface area (Å²) in [7, 11) is -0.729. The van der Waals surface area contributed by atoms with Gasteiger partial charge in [0.2, 0.25) is 15.9 Å². The standard InChI is InChI=1S/C17H20N2O4S/c1-13(20)18-16-10-9-15(11-17(16)23-3)24(21,22)19(2)12-14-7-5-4-6-8-14/h4-11H,12H2,1-3H3,(H,18,20). The largest absolute Gasteiger partial charge is 0.495 e. The van der Waals surface area contributed by atoms with Crippen LogP contribution in [0, 0.1) is 0 Å². The van der Waals surface area contributed by atoms with Crippen molar-refractivity contribution in [3.05, 3.63) is 54.1 Å². The summed E-state index contributed by atoms with van der Waals surface area (Å²) < 4.78 is 31.9. The molecule has 0 aliphatic rings. The average molecular weight is 348 g/mol. The second-order valence-electron chi connectivity index (χ2n) is 5.29. The van der Waals surface area contributed by atoms with Crippen molar-refractivity contribution >= 4 is 21.6 Å². The van der Waals surface area contributed by atoms with Gasteiger partial charge in [-0.15, -0.1) is 0 Å². The minimum atomic E-state index is -3.67. The number of carbonyl (C=O) groups excluding carboxylic acids is 1.